The molecule has 10 heteroatoms. The molecule has 186 valence electrons. The Hall–Kier alpha value is -1.79. The van der Waals surface area contributed by atoms with Gasteiger partial charge >= 0.3 is 0 Å². The van der Waals surface area contributed by atoms with Gasteiger partial charge in [0.25, 0.3) is 0 Å². The Balaban J connectivity index is 0.00000385. The second-order valence-corrected chi connectivity index (χ2v) is 8.26. The van der Waals surface area contributed by atoms with Crippen LogP contribution in [-0.2, 0) is 11.3 Å². The maximum absolute atomic E-state index is 11.5. The van der Waals surface area contributed by atoms with Gasteiger partial charge in [0, 0.05) is 91.5 Å². The highest BCUT2D eigenvalue weighted by atomic mass is 127. The Morgan fingerprint density at radius 3 is 2.18 bits per heavy atom. The van der Waals surface area contributed by atoms with Gasteiger partial charge in [0.05, 0.1) is 14.2 Å². The Kier molecular flexibility index (Phi) is 11.5. The first kappa shape index (κ1) is 27.5. The Morgan fingerprint density at radius 1 is 0.970 bits per heavy atom. The third-order valence-corrected chi connectivity index (χ3v) is 6.29. The van der Waals surface area contributed by atoms with Gasteiger partial charge in [-0.3, -0.25) is 19.6 Å². The van der Waals surface area contributed by atoms with Crippen molar-refractivity contribution in [2.45, 2.75) is 13.5 Å². The number of carbonyl (C=O) groups excluding carboxylic acids is 1. The fourth-order valence-corrected chi connectivity index (χ4v) is 4.31. The van der Waals surface area contributed by atoms with Crippen LogP contribution in [0.3, 0.4) is 0 Å². The topological polar surface area (TPSA) is 72.9 Å². The highest BCUT2D eigenvalue weighted by Crippen LogP contribution is 2.25. The summed E-state index contributed by atoms with van der Waals surface area (Å²) in [6.45, 7) is 11.6. The quantitative estimate of drug-likeness (QED) is 0.298. The zero-order valence-electron chi connectivity index (χ0n) is 20.4. The van der Waals surface area contributed by atoms with E-state index in [1.165, 1.54) is 0 Å². The average Bonchev–Trinajstić information content (AvgIpc) is 2.82. The number of benzene rings is 1. The van der Waals surface area contributed by atoms with Crippen molar-refractivity contribution >= 4 is 35.8 Å². The Bertz CT molecular complexity index is 777. The van der Waals surface area contributed by atoms with Crippen LogP contribution in [0, 0.1) is 0 Å². The maximum atomic E-state index is 11.5. The van der Waals surface area contributed by atoms with Gasteiger partial charge in [0.1, 0.15) is 11.5 Å². The normalized spacial score (nSPS) is 18.0. The van der Waals surface area contributed by atoms with E-state index in [0.29, 0.717) is 0 Å². The lowest BCUT2D eigenvalue weighted by atomic mass is 10.1. The van der Waals surface area contributed by atoms with Crippen molar-refractivity contribution in [1.29, 1.82) is 0 Å². The molecule has 1 amide bonds. The molecule has 3 rings (SSSR count). The number of carbonyl (C=O) groups is 1. The van der Waals surface area contributed by atoms with Crippen LogP contribution < -0.4 is 14.8 Å². The Morgan fingerprint density at radius 2 is 1.61 bits per heavy atom. The molecular weight excluding hydrogens is 535 g/mol. The molecule has 0 bridgehead atoms. The number of methoxy groups -OCH3 is 2. The molecule has 2 saturated heterocycles. The number of hydrogen-bond acceptors (Lipinski definition) is 6. The molecule has 1 aromatic carbocycles. The lowest BCUT2D eigenvalue weighted by Gasteiger charge is -2.37. The van der Waals surface area contributed by atoms with E-state index in [-0.39, 0.29) is 29.9 Å². The molecule has 1 N–H and O–H groups in total. The van der Waals surface area contributed by atoms with Crippen molar-refractivity contribution in [2.24, 2.45) is 4.99 Å². The molecule has 0 saturated carbocycles. The number of ether oxygens (including phenoxy) is 2. The molecular formula is C23H39IN6O3. The third-order valence-electron chi connectivity index (χ3n) is 6.29. The second kappa shape index (κ2) is 13.8. The first-order chi connectivity index (χ1) is 15.5. The fraction of sp³-hybridized carbons (Fsp3) is 0.652. The van der Waals surface area contributed by atoms with Crippen LogP contribution in [0.2, 0.25) is 0 Å². The molecule has 0 unspecified atom stereocenters. The van der Waals surface area contributed by atoms with Crippen LogP contribution in [-0.4, -0.2) is 118 Å². The highest BCUT2D eigenvalue weighted by Gasteiger charge is 2.22. The molecule has 0 aromatic heterocycles. The molecule has 2 aliphatic heterocycles. The molecule has 0 radical (unpaired) electrons. The monoisotopic (exact) mass is 574 g/mol. The largest absolute Gasteiger partial charge is 0.497 e. The summed E-state index contributed by atoms with van der Waals surface area (Å²) in [6, 6.07) is 5.96. The number of guanidine groups is 1. The van der Waals surface area contributed by atoms with Gasteiger partial charge in [-0.15, -0.1) is 24.0 Å². The SMILES string of the molecule is CN=C(NCCN1CCN(C(C)=O)CC1)N1CCN(Cc2cc(OC)ccc2OC)CC1.I. The number of nitrogens with one attached hydrogen (secondary N) is 1. The van der Waals surface area contributed by atoms with Gasteiger partial charge < -0.3 is 24.6 Å². The van der Waals surface area contributed by atoms with E-state index in [0.717, 1.165) is 95.0 Å². The van der Waals surface area contributed by atoms with E-state index in [4.69, 9.17) is 9.47 Å². The van der Waals surface area contributed by atoms with E-state index in [1.54, 1.807) is 21.1 Å². The minimum atomic E-state index is 0. The van der Waals surface area contributed by atoms with E-state index < -0.39 is 0 Å². The van der Waals surface area contributed by atoms with Gasteiger partial charge in [-0.05, 0) is 18.2 Å². The van der Waals surface area contributed by atoms with Gasteiger partial charge in [-0.25, -0.2) is 0 Å². The van der Waals surface area contributed by atoms with Gasteiger partial charge in [0.2, 0.25) is 5.91 Å². The van der Waals surface area contributed by atoms with Crippen LogP contribution in [0.25, 0.3) is 0 Å². The minimum absolute atomic E-state index is 0. The van der Waals surface area contributed by atoms with Crippen molar-refractivity contribution in [3.63, 3.8) is 0 Å². The summed E-state index contributed by atoms with van der Waals surface area (Å²) in [4.78, 5) is 25.0. The molecule has 0 atom stereocenters. The molecule has 2 fully saturated rings. The van der Waals surface area contributed by atoms with Gasteiger partial charge in [-0.2, -0.15) is 0 Å². The van der Waals surface area contributed by atoms with Gasteiger partial charge in [-0.1, -0.05) is 0 Å². The molecule has 33 heavy (non-hydrogen) atoms. The maximum Gasteiger partial charge on any atom is 0.219 e. The van der Waals surface area contributed by atoms with E-state index >= 15 is 0 Å². The van der Waals surface area contributed by atoms with Crippen molar-refractivity contribution < 1.29 is 14.3 Å². The van der Waals surface area contributed by atoms with Crippen LogP contribution in [0.1, 0.15) is 12.5 Å². The summed E-state index contributed by atoms with van der Waals surface area (Å²) < 4.78 is 10.9. The summed E-state index contributed by atoms with van der Waals surface area (Å²) >= 11 is 0. The number of aliphatic imine (C=N–C) groups is 1. The molecule has 2 heterocycles. The van der Waals surface area contributed by atoms with Crippen LogP contribution in [0.4, 0.5) is 0 Å². The summed E-state index contributed by atoms with van der Waals surface area (Å²) in [7, 11) is 5.25. The summed E-state index contributed by atoms with van der Waals surface area (Å²) in [5.74, 6) is 2.89. The summed E-state index contributed by atoms with van der Waals surface area (Å²) in [5, 5.41) is 3.52. The number of hydrogen-bond donors (Lipinski definition) is 1. The highest BCUT2D eigenvalue weighted by molar-refractivity contribution is 14.0. The molecule has 0 aliphatic carbocycles. The van der Waals surface area contributed by atoms with Crippen molar-refractivity contribution in [3.05, 3.63) is 23.8 Å². The molecule has 2 aliphatic rings. The van der Waals surface area contributed by atoms with E-state index in [9.17, 15) is 4.79 Å². The predicted octanol–water partition coefficient (Wildman–Crippen LogP) is 1.18. The zero-order valence-corrected chi connectivity index (χ0v) is 22.7. The fourth-order valence-electron chi connectivity index (χ4n) is 4.31. The lowest BCUT2D eigenvalue weighted by Crippen LogP contribution is -2.54. The second-order valence-electron chi connectivity index (χ2n) is 8.26. The Labute approximate surface area is 215 Å². The van der Waals surface area contributed by atoms with Crippen molar-refractivity contribution in [3.8, 4) is 11.5 Å². The first-order valence-electron chi connectivity index (χ1n) is 11.4. The van der Waals surface area contributed by atoms with Crippen molar-refractivity contribution in [2.75, 3.05) is 86.7 Å². The van der Waals surface area contributed by atoms with Gasteiger partial charge in [0.15, 0.2) is 5.96 Å². The zero-order chi connectivity index (χ0) is 22.9. The number of nitrogens with zero attached hydrogens (tertiary/aromatic N) is 5. The van der Waals surface area contributed by atoms with E-state index in [2.05, 4.69) is 31.1 Å². The lowest BCUT2D eigenvalue weighted by molar-refractivity contribution is -0.130. The number of amides is 1. The molecule has 9 nitrogen and oxygen atoms in total. The third kappa shape index (κ3) is 7.89. The number of piperazine rings is 2. The first-order valence-corrected chi connectivity index (χ1v) is 11.4. The summed E-state index contributed by atoms with van der Waals surface area (Å²) in [5.41, 5.74) is 1.15. The smallest absolute Gasteiger partial charge is 0.219 e. The van der Waals surface area contributed by atoms with Crippen LogP contribution >= 0.6 is 24.0 Å². The van der Waals surface area contributed by atoms with Crippen LogP contribution in [0.15, 0.2) is 23.2 Å². The predicted molar refractivity (Wildman–Crippen MR) is 142 cm³/mol. The standard InChI is InChI=1S/C23H38N6O3.HI/c1-19(30)28-13-9-26(10-14-28)8-7-25-23(24-2)29-15-11-27(12-16-29)18-20-17-21(31-3)5-6-22(20)32-4;/h5-6,17H,7-16,18H2,1-4H3,(H,24,25);1H. The molecule has 1 aromatic rings. The van der Waals surface area contributed by atoms with Crippen molar-refractivity contribution in [1.82, 2.24) is 24.9 Å². The number of halogens is 1. The number of rotatable bonds is 7. The average molecular weight is 575 g/mol. The van der Waals surface area contributed by atoms with Crippen LogP contribution in [0.5, 0.6) is 11.5 Å². The minimum Gasteiger partial charge on any atom is -0.497 e. The van der Waals surface area contributed by atoms with E-state index in [1.807, 2.05) is 24.1 Å². The molecule has 0 spiro atoms. The summed E-state index contributed by atoms with van der Waals surface area (Å²) in [6.07, 6.45) is 0.